The summed E-state index contributed by atoms with van der Waals surface area (Å²) in [6, 6.07) is 4.37. The lowest BCUT2D eigenvalue weighted by atomic mass is 10.1. The first-order valence-electron chi connectivity index (χ1n) is 5.78. The highest BCUT2D eigenvalue weighted by atomic mass is 32.2. The molecule has 0 saturated heterocycles. The zero-order chi connectivity index (χ0) is 13.0. The van der Waals surface area contributed by atoms with Gasteiger partial charge in [0, 0.05) is 17.6 Å². The SMILES string of the molecule is CC(=O)OC(C)CSc1c(C)cc(C)cc1C. The van der Waals surface area contributed by atoms with Crippen LogP contribution in [0.1, 0.15) is 30.5 Å². The summed E-state index contributed by atoms with van der Waals surface area (Å²) in [6.07, 6.45) is -0.0439. The molecule has 0 heterocycles. The van der Waals surface area contributed by atoms with Crippen molar-refractivity contribution in [2.45, 2.75) is 45.6 Å². The van der Waals surface area contributed by atoms with Crippen LogP contribution in [0.3, 0.4) is 0 Å². The number of carbonyl (C=O) groups excluding carboxylic acids is 1. The highest BCUT2D eigenvalue weighted by molar-refractivity contribution is 7.99. The normalized spacial score (nSPS) is 12.3. The van der Waals surface area contributed by atoms with Crippen molar-refractivity contribution in [2.75, 3.05) is 5.75 Å². The van der Waals surface area contributed by atoms with Crippen molar-refractivity contribution in [3.05, 3.63) is 28.8 Å². The standard InChI is InChI=1S/C14H20O2S/c1-9-6-10(2)14(11(3)7-9)17-8-12(4)16-13(5)15/h6-7,12H,8H2,1-5H3. The molecular weight excluding hydrogens is 232 g/mol. The van der Waals surface area contributed by atoms with E-state index in [1.165, 1.54) is 28.5 Å². The minimum atomic E-state index is -0.213. The lowest BCUT2D eigenvalue weighted by Gasteiger charge is -2.14. The minimum Gasteiger partial charge on any atom is -0.462 e. The summed E-state index contributed by atoms with van der Waals surface area (Å²) < 4.78 is 5.12. The van der Waals surface area contributed by atoms with Crippen molar-refractivity contribution >= 4 is 17.7 Å². The Hall–Kier alpha value is -0.960. The molecule has 0 amide bonds. The fourth-order valence-electron chi connectivity index (χ4n) is 1.91. The molecule has 1 aromatic rings. The second-order valence-electron chi connectivity index (χ2n) is 4.46. The smallest absolute Gasteiger partial charge is 0.302 e. The molecule has 1 aromatic carbocycles. The molecule has 1 rings (SSSR count). The Morgan fingerprint density at radius 2 is 1.82 bits per heavy atom. The van der Waals surface area contributed by atoms with Crippen LogP contribution in [0.15, 0.2) is 17.0 Å². The molecule has 1 atom stereocenters. The number of carbonyl (C=O) groups is 1. The average Bonchev–Trinajstić information content (AvgIpc) is 2.14. The van der Waals surface area contributed by atoms with Crippen LogP contribution in [0.5, 0.6) is 0 Å². The number of hydrogen-bond acceptors (Lipinski definition) is 3. The zero-order valence-corrected chi connectivity index (χ0v) is 12.0. The molecule has 0 saturated carbocycles. The zero-order valence-electron chi connectivity index (χ0n) is 11.2. The van der Waals surface area contributed by atoms with E-state index in [1.54, 1.807) is 11.8 Å². The minimum absolute atomic E-state index is 0.0439. The molecular formula is C14H20O2S. The van der Waals surface area contributed by atoms with Gasteiger partial charge in [-0.1, -0.05) is 17.7 Å². The monoisotopic (exact) mass is 252 g/mol. The van der Waals surface area contributed by atoms with Gasteiger partial charge < -0.3 is 4.74 Å². The number of rotatable bonds is 4. The van der Waals surface area contributed by atoms with E-state index in [0.717, 1.165) is 5.75 Å². The van der Waals surface area contributed by atoms with Crippen molar-refractivity contribution in [3.8, 4) is 0 Å². The van der Waals surface area contributed by atoms with Crippen molar-refractivity contribution < 1.29 is 9.53 Å². The third-order valence-electron chi connectivity index (χ3n) is 2.43. The Labute approximate surface area is 108 Å². The van der Waals surface area contributed by atoms with Gasteiger partial charge in [-0.25, -0.2) is 0 Å². The number of thioether (sulfide) groups is 1. The van der Waals surface area contributed by atoms with Crippen LogP contribution in [-0.4, -0.2) is 17.8 Å². The second kappa shape index (κ2) is 6.10. The number of esters is 1. The van der Waals surface area contributed by atoms with Crippen LogP contribution in [0.4, 0.5) is 0 Å². The topological polar surface area (TPSA) is 26.3 Å². The number of ether oxygens (including phenoxy) is 1. The molecule has 0 bridgehead atoms. The predicted molar refractivity (Wildman–Crippen MR) is 72.6 cm³/mol. The fourth-order valence-corrected chi connectivity index (χ4v) is 2.96. The summed E-state index contributed by atoms with van der Waals surface area (Å²) in [5, 5.41) is 0. The van der Waals surface area contributed by atoms with Crippen LogP contribution in [0.2, 0.25) is 0 Å². The molecule has 0 radical (unpaired) electrons. The molecule has 0 aliphatic heterocycles. The van der Waals surface area contributed by atoms with Gasteiger partial charge in [0.2, 0.25) is 0 Å². The van der Waals surface area contributed by atoms with Crippen LogP contribution >= 0.6 is 11.8 Å². The molecule has 3 heteroatoms. The number of benzene rings is 1. The van der Waals surface area contributed by atoms with Crippen molar-refractivity contribution in [3.63, 3.8) is 0 Å². The molecule has 17 heavy (non-hydrogen) atoms. The largest absolute Gasteiger partial charge is 0.462 e. The van der Waals surface area contributed by atoms with Crippen LogP contribution in [-0.2, 0) is 9.53 Å². The molecule has 94 valence electrons. The van der Waals surface area contributed by atoms with E-state index in [1.807, 2.05) is 6.92 Å². The van der Waals surface area contributed by atoms with Gasteiger partial charge in [0.1, 0.15) is 6.10 Å². The van der Waals surface area contributed by atoms with E-state index < -0.39 is 0 Å². The van der Waals surface area contributed by atoms with Gasteiger partial charge in [-0.2, -0.15) is 0 Å². The van der Waals surface area contributed by atoms with Crippen LogP contribution in [0.25, 0.3) is 0 Å². The van der Waals surface area contributed by atoms with E-state index in [4.69, 9.17) is 4.74 Å². The van der Waals surface area contributed by atoms with E-state index in [2.05, 4.69) is 32.9 Å². The first-order valence-corrected chi connectivity index (χ1v) is 6.76. The lowest BCUT2D eigenvalue weighted by molar-refractivity contribution is -0.144. The summed E-state index contributed by atoms with van der Waals surface area (Å²) in [7, 11) is 0. The summed E-state index contributed by atoms with van der Waals surface area (Å²) in [6.45, 7) is 9.73. The fraction of sp³-hybridized carbons (Fsp3) is 0.500. The Bertz CT molecular complexity index is 390. The average molecular weight is 252 g/mol. The van der Waals surface area contributed by atoms with E-state index in [9.17, 15) is 4.79 Å². The van der Waals surface area contributed by atoms with E-state index >= 15 is 0 Å². The maximum Gasteiger partial charge on any atom is 0.302 e. The van der Waals surface area contributed by atoms with Gasteiger partial charge in [-0.15, -0.1) is 11.8 Å². The Kier molecular flexibility index (Phi) is 5.06. The molecule has 0 spiro atoms. The predicted octanol–water partition coefficient (Wildman–Crippen LogP) is 3.66. The third kappa shape index (κ3) is 4.43. The molecule has 0 aliphatic rings. The second-order valence-corrected chi connectivity index (χ2v) is 5.49. The Balaban J connectivity index is 2.66. The van der Waals surface area contributed by atoms with Crippen molar-refractivity contribution in [2.24, 2.45) is 0 Å². The molecule has 0 N–H and O–H groups in total. The molecule has 0 aromatic heterocycles. The Morgan fingerprint density at radius 1 is 1.29 bits per heavy atom. The maximum absolute atomic E-state index is 10.8. The lowest BCUT2D eigenvalue weighted by Crippen LogP contribution is -2.14. The van der Waals surface area contributed by atoms with Gasteiger partial charge in [0.25, 0.3) is 0 Å². The third-order valence-corrected chi connectivity index (χ3v) is 4.00. The van der Waals surface area contributed by atoms with Crippen molar-refractivity contribution in [1.82, 2.24) is 0 Å². The van der Waals surface area contributed by atoms with Crippen molar-refractivity contribution in [1.29, 1.82) is 0 Å². The molecule has 0 aliphatic carbocycles. The van der Waals surface area contributed by atoms with Crippen LogP contribution < -0.4 is 0 Å². The van der Waals surface area contributed by atoms with Gasteiger partial charge in [-0.05, 0) is 38.8 Å². The maximum atomic E-state index is 10.8. The molecule has 2 nitrogen and oxygen atoms in total. The summed E-state index contributed by atoms with van der Waals surface area (Å²) in [5.41, 5.74) is 3.88. The van der Waals surface area contributed by atoms with Gasteiger partial charge in [0.15, 0.2) is 0 Å². The first kappa shape index (κ1) is 14.1. The van der Waals surface area contributed by atoms with E-state index in [-0.39, 0.29) is 12.1 Å². The van der Waals surface area contributed by atoms with Gasteiger partial charge in [0.05, 0.1) is 0 Å². The summed E-state index contributed by atoms with van der Waals surface area (Å²) in [4.78, 5) is 12.1. The van der Waals surface area contributed by atoms with E-state index in [0.29, 0.717) is 0 Å². The first-order chi connectivity index (χ1) is 7.90. The van der Waals surface area contributed by atoms with Gasteiger partial charge >= 0.3 is 5.97 Å². The quantitative estimate of drug-likeness (QED) is 0.604. The highest BCUT2D eigenvalue weighted by Crippen LogP contribution is 2.28. The van der Waals surface area contributed by atoms with Gasteiger partial charge in [-0.3, -0.25) is 4.79 Å². The number of hydrogen-bond donors (Lipinski definition) is 0. The van der Waals surface area contributed by atoms with Crippen LogP contribution in [0, 0.1) is 20.8 Å². The summed E-state index contributed by atoms with van der Waals surface area (Å²) in [5.74, 6) is 0.583. The molecule has 1 unspecified atom stereocenters. The highest BCUT2D eigenvalue weighted by Gasteiger charge is 2.09. The molecule has 0 fully saturated rings. The summed E-state index contributed by atoms with van der Waals surface area (Å²) >= 11 is 1.76. The number of aryl methyl sites for hydroxylation is 3. The Morgan fingerprint density at radius 3 is 2.29 bits per heavy atom.